The van der Waals surface area contributed by atoms with Gasteiger partial charge in [-0.15, -0.1) is 0 Å². The van der Waals surface area contributed by atoms with E-state index < -0.39 is 0 Å². The Bertz CT molecular complexity index is 365. The molecular weight excluding hydrogens is 200 g/mol. The zero-order valence-electron chi connectivity index (χ0n) is 9.74. The largest absolute Gasteiger partial charge is 0.497 e. The molecule has 16 heavy (non-hydrogen) atoms. The third-order valence-corrected chi connectivity index (χ3v) is 3.34. The Morgan fingerprint density at radius 1 is 1.38 bits per heavy atom. The zero-order valence-corrected chi connectivity index (χ0v) is 9.74. The van der Waals surface area contributed by atoms with Crippen molar-refractivity contribution in [3.8, 4) is 5.75 Å². The predicted octanol–water partition coefficient (Wildman–Crippen LogP) is 3.46. The zero-order chi connectivity index (χ0) is 11.4. The van der Waals surface area contributed by atoms with Crippen molar-refractivity contribution >= 4 is 5.78 Å². The molecule has 0 saturated heterocycles. The molecule has 0 aliphatic heterocycles. The summed E-state index contributed by atoms with van der Waals surface area (Å²) in [6, 6.07) is 7.45. The second kappa shape index (κ2) is 5.15. The number of ether oxygens (including phenoxy) is 1. The van der Waals surface area contributed by atoms with Crippen LogP contribution in [-0.4, -0.2) is 12.9 Å². The van der Waals surface area contributed by atoms with Gasteiger partial charge in [-0.2, -0.15) is 0 Å². The van der Waals surface area contributed by atoms with Crippen LogP contribution in [0.15, 0.2) is 24.3 Å². The Labute approximate surface area is 96.6 Å². The molecule has 0 N–H and O–H groups in total. The summed E-state index contributed by atoms with van der Waals surface area (Å²) in [5.41, 5.74) is 0.784. The first kappa shape index (κ1) is 11.2. The molecule has 1 aromatic rings. The molecule has 1 fully saturated rings. The summed E-state index contributed by atoms with van der Waals surface area (Å²) in [5, 5.41) is 0. The fourth-order valence-electron chi connectivity index (χ4n) is 2.39. The highest BCUT2D eigenvalue weighted by Crippen LogP contribution is 2.29. The summed E-state index contributed by atoms with van der Waals surface area (Å²) < 4.78 is 5.12. The van der Waals surface area contributed by atoms with Gasteiger partial charge in [0.05, 0.1) is 7.11 Å². The van der Waals surface area contributed by atoms with Gasteiger partial charge in [0.15, 0.2) is 5.78 Å². The van der Waals surface area contributed by atoms with Crippen molar-refractivity contribution in [2.45, 2.75) is 32.1 Å². The Hall–Kier alpha value is -1.31. The van der Waals surface area contributed by atoms with Gasteiger partial charge in [0.2, 0.25) is 0 Å². The van der Waals surface area contributed by atoms with Crippen LogP contribution in [0.1, 0.15) is 42.5 Å². The van der Waals surface area contributed by atoms with Gasteiger partial charge in [0, 0.05) is 12.0 Å². The van der Waals surface area contributed by atoms with Gasteiger partial charge in [-0.1, -0.05) is 37.8 Å². The van der Waals surface area contributed by atoms with Crippen molar-refractivity contribution in [2.75, 3.05) is 7.11 Å². The molecule has 1 aromatic carbocycles. The minimum absolute atomic E-state index is 0.255. The molecule has 0 amide bonds. The maximum Gasteiger partial charge on any atom is 0.163 e. The van der Waals surface area contributed by atoms with Crippen molar-refractivity contribution in [1.29, 1.82) is 0 Å². The van der Waals surface area contributed by atoms with Crippen LogP contribution >= 0.6 is 0 Å². The van der Waals surface area contributed by atoms with Crippen LogP contribution in [0, 0.1) is 5.92 Å². The number of carbonyl (C=O) groups excluding carboxylic acids is 1. The Balaban J connectivity index is 2.01. The van der Waals surface area contributed by atoms with Crippen LogP contribution in [0.4, 0.5) is 0 Å². The first-order valence-corrected chi connectivity index (χ1v) is 5.97. The van der Waals surface area contributed by atoms with E-state index in [1.807, 2.05) is 24.3 Å². The molecule has 0 aromatic heterocycles. The lowest BCUT2D eigenvalue weighted by molar-refractivity contribution is 0.0962. The molecule has 2 nitrogen and oxygen atoms in total. The van der Waals surface area contributed by atoms with E-state index in [-0.39, 0.29) is 5.78 Å². The van der Waals surface area contributed by atoms with E-state index in [9.17, 15) is 4.79 Å². The first-order chi connectivity index (χ1) is 7.79. The quantitative estimate of drug-likeness (QED) is 0.723. The highest BCUT2D eigenvalue weighted by molar-refractivity contribution is 5.96. The Kier molecular flexibility index (Phi) is 3.60. The van der Waals surface area contributed by atoms with Crippen molar-refractivity contribution < 1.29 is 9.53 Å². The van der Waals surface area contributed by atoms with Crippen molar-refractivity contribution in [3.05, 3.63) is 29.8 Å². The van der Waals surface area contributed by atoms with E-state index in [1.54, 1.807) is 7.11 Å². The van der Waals surface area contributed by atoms with Crippen molar-refractivity contribution in [2.24, 2.45) is 5.92 Å². The van der Waals surface area contributed by atoms with Gasteiger partial charge in [-0.05, 0) is 18.1 Å². The molecule has 2 rings (SSSR count). The third-order valence-electron chi connectivity index (χ3n) is 3.34. The third kappa shape index (κ3) is 2.63. The van der Waals surface area contributed by atoms with Crippen LogP contribution in [0.3, 0.4) is 0 Å². The van der Waals surface area contributed by atoms with Gasteiger partial charge in [0.25, 0.3) is 0 Å². The normalized spacial score (nSPS) is 16.3. The topological polar surface area (TPSA) is 26.3 Å². The maximum absolute atomic E-state index is 12.0. The molecule has 0 unspecified atom stereocenters. The summed E-state index contributed by atoms with van der Waals surface area (Å²) in [6.45, 7) is 0. The number of rotatable bonds is 4. The molecule has 2 heteroatoms. The molecular formula is C14H18O2. The molecule has 0 atom stereocenters. The Morgan fingerprint density at radius 3 is 2.81 bits per heavy atom. The number of hydrogen-bond donors (Lipinski definition) is 0. The van der Waals surface area contributed by atoms with E-state index in [0.717, 1.165) is 11.3 Å². The summed E-state index contributed by atoms with van der Waals surface area (Å²) in [5.74, 6) is 1.63. The van der Waals surface area contributed by atoms with Gasteiger partial charge in [0.1, 0.15) is 5.75 Å². The van der Waals surface area contributed by atoms with Gasteiger partial charge in [-0.3, -0.25) is 4.79 Å². The van der Waals surface area contributed by atoms with Crippen LogP contribution in [0.25, 0.3) is 0 Å². The fourth-order valence-corrected chi connectivity index (χ4v) is 2.39. The monoisotopic (exact) mass is 218 g/mol. The second-order valence-corrected chi connectivity index (χ2v) is 4.51. The van der Waals surface area contributed by atoms with Gasteiger partial charge in [-0.25, -0.2) is 0 Å². The van der Waals surface area contributed by atoms with Crippen LogP contribution < -0.4 is 4.74 Å². The van der Waals surface area contributed by atoms with E-state index in [0.29, 0.717) is 12.3 Å². The molecule has 0 radical (unpaired) electrons. The molecule has 1 saturated carbocycles. The molecule has 0 spiro atoms. The highest BCUT2D eigenvalue weighted by atomic mass is 16.5. The second-order valence-electron chi connectivity index (χ2n) is 4.51. The SMILES string of the molecule is COc1cccc(C(=O)CC2CCCC2)c1. The molecule has 1 aliphatic carbocycles. The molecule has 0 heterocycles. The van der Waals surface area contributed by atoms with Crippen LogP contribution in [-0.2, 0) is 0 Å². The van der Waals surface area contributed by atoms with E-state index in [4.69, 9.17) is 4.74 Å². The minimum atomic E-state index is 0.255. The molecule has 86 valence electrons. The fraction of sp³-hybridized carbons (Fsp3) is 0.500. The van der Waals surface area contributed by atoms with Gasteiger partial charge >= 0.3 is 0 Å². The smallest absolute Gasteiger partial charge is 0.163 e. The van der Waals surface area contributed by atoms with Crippen LogP contribution in [0.5, 0.6) is 5.75 Å². The van der Waals surface area contributed by atoms with E-state index in [1.165, 1.54) is 25.7 Å². The number of methoxy groups -OCH3 is 1. The standard InChI is InChI=1S/C14H18O2/c1-16-13-8-4-7-12(10-13)14(15)9-11-5-2-3-6-11/h4,7-8,10-11H,2-3,5-6,9H2,1H3. The molecule has 1 aliphatic rings. The first-order valence-electron chi connectivity index (χ1n) is 5.97. The average Bonchev–Trinajstić information content (AvgIpc) is 2.82. The van der Waals surface area contributed by atoms with E-state index in [2.05, 4.69) is 0 Å². The summed E-state index contributed by atoms with van der Waals surface area (Å²) in [4.78, 5) is 12.0. The van der Waals surface area contributed by atoms with Crippen molar-refractivity contribution in [3.63, 3.8) is 0 Å². The summed E-state index contributed by atoms with van der Waals surface area (Å²) in [7, 11) is 1.63. The lowest BCUT2D eigenvalue weighted by Crippen LogP contribution is -2.05. The van der Waals surface area contributed by atoms with Crippen molar-refractivity contribution in [1.82, 2.24) is 0 Å². The number of ketones is 1. The minimum Gasteiger partial charge on any atom is -0.497 e. The number of hydrogen-bond acceptors (Lipinski definition) is 2. The number of Topliss-reactive ketones (excluding diaryl/α,β-unsaturated/α-hetero) is 1. The highest BCUT2D eigenvalue weighted by Gasteiger charge is 2.19. The summed E-state index contributed by atoms with van der Waals surface area (Å²) in [6.07, 6.45) is 5.71. The Morgan fingerprint density at radius 2 is 2.12 bits per heavy atom. The summed E-state index contributed by atoms with van der Waals surface area (Å²) >= 11 is 0. The lowest BCUT2D eigenvalue weighted by Gasteiger charge is -2.08. The maximum atomic E-state index is 12.0. The van der Waals surface area contributed by atoms with Crippen LogP contribution in [0.2, 0.25) is 0 Å². The predicted molar refractivity (Wildman–Crippen MR) is 63.9 cm³/mol. The van der Waals surface area contributed by atoms with Gasteiger partial charge < -0.3 is 4.74 Å². The lowest BCUT2D eigenvalue weighted by atomic mass is 9.97. The number of benzene rings is 1. The van der Waals surface area contributed by atoms with E-state index >= 15 is 0 Å². The number of carbonyl (C=O) groups is 1. The average molecular weight is 218 g/mol. The molecule has 0 bridgehead atoms.